The van der Waals surface area contributed by atoms with Crippen molar-refractivity contribution in [1.29, 1.82) is 0 Å². The Balaban J connectivity index is 1.95. The lowest BCUT2D eigenvalue weighted by Gasteiger charge is -2.29. The monoisotopic (exact) mass is 257 g/mol. The Hall–Kier alpha value is -1.91. The minimum Gasteiger partial charge on any atom is -0.399 e. The molecule has 19 heavy (non-hydrogen) atoms. The van der Waals surface area contributed by atoms with Gasteiger partial charge in [0.1, 0.15) is 0 Å². The molecule has 5 heteroatoms. The van der Waals surface area contributed by atoms with E-state index in [9.17, 15) is 0 Å². The number of tetrazole rings is 1. The summed E-state index contributed by atoms with van der Waals surface area (Å²) in [4.78, 5) is 0. The molecule has 1 fully saturated rings. The van der Waals surface area contributed by atoms with Gasteiger partial charge in [-0.25, -0.2) is 4.68 Å². The first kappa shape index (κ1) is 12.1. The van der Waals surface area contributed by atoms with Gasteiger partial charge >= 0.3 is 0 Å². The van der Waals surface area contributed by atoms with Crippen molar-refractivity contribution in [3.63, 3.8) is 0 Å². The number of aromatic nitrogens is 4. The van der Waals surface area contributed by atoms with Crippen molar-refractivity contribution < 1.29 is 0 Å². The molecule has 1 aromatic heterocycles. The highest BCUT2D eigenvalue weighted by Gasteiger charge is 2.26. The van der Waals surface area contributed by atoms with E-state index in [1.807, 2.05) is 28.9 Å². The number of nitrogens with zero attached hydrogens (tertiary/aromatic N) is 4. The number of hydrogen-bond donors (Lipinski definition) is 1. The fourth-order valence-corrected chi connectivity index (χ4v) is 2.90. The highest BCUT2D eigenvalue weighted by molar-refractivity contribution is 5.58. The second-order valence-corrected chi connectivity index (χ2v) is 5.40. The summed E-state index contributed by atoms with van der Waals surface area (Å²) in [7, 11) is 0. The third-order valence-corrected chi connectivity index (χ3v) is 4.04. The minimum atomic E-state index is 0.413. The Kier molecular flexibility index (Phi) is 3.19. The molecule has 1 aliphatic carbocycles. The first-order valence-corrected chi connectivity index (χ1v) is 6.89. The predicted octanol–water partition coefficient (Wildman–Crippen LogP) is 2.67. The minimum absolute atomic E-state index is 0.413. The fourth-order valence-electron chi connectivity index (χ4n) is 2.90. The van der Waals surface area contributed by atoms with E-state index in [0.717, 1.165) is 23.5 Å². The molecule has 2 unspecified atom stereocenters. The van der Waals surface area contributed by atoms with Gasteiger partial charge in [0.25, 0.3) is 0 Å². The van der Waals surface area contributed by atoms with Crippen LogP contribution in [0.3, 0.4) is 0 Å². The van der Waals surface area contributed by atoms with Gasteiger partial charge in [-0.05, 0) is 53.5 Å². The van der Waals surface area contributed by atoms with Crippen LogP contribution < -0.4 is 5.73 Å². The van der Waals surface area contributed by atoms with Crippen LogP contribution in [0.4, 0.5) is 5.69 Å². The van der Waals surface area contributed by atoms with E-state index in [-0.39, 0.29) is 0 Å². The molecular weight excluding hydrogens is 238 g/mol. The molecule has 0 radical (unpaired) electrons. The van der Waals surface area contributed by atoms with Crippen LogP contribution in [-0.2, 0) is 0 Å². The number of hydrogen-bond acceptors (Lipinski definition) is 4. The molecule has 2 aromatic rings. The van der Waals surface area contributed by atoms with Crippen LogP contribution in [0, 0.1) is 5.92 Å². The third-order valence-electron chi connectivity index (χ3n) is 4.04. The molecule has 3 rings (SSSR count). The highest BCUT2D eigenvalue weighted by atomic mass is 15.5. The molecule has 0 saturated heterocycles. The smallest absolute Gasteiger partial charge is 0.182 e. The molecule has 100 valence electrons. The van der Waals surface area contributed by atoms with Gasteiger partial charge in [-0.2, -0.15) is 0 Å². The normalized spacial score (nSPS) is 23.4. The quantitative estimate of drug-likeness (QED) is 0.840. The molecule has 2 N–H and O–H groups in total. The summed E-state index contributed by atoms with van der Waals surface area (Å²) in [5.74, 6) is 1.48. The maximum absolute atomic E-state index is 5.72. The standard InChI is InChI=1S/C14H19N5/c1-10-4-2-3-5-13(10)19-14(16-17-18-19)11-6-8-12(15)9-7-11/h6-10,13H,2-5,15H2,1H3. The molecule has 1 aliphatic rings. The molecule has 0 bridgehead atoms. The maximum atomic E-state index is 5.72. The van der Waals surface area contributed by atoms with Crippen molar-refractivity contribution in [3.8, 4) is 11.4 Å². The zero-order valence-corrected chi connectivity index (χ0v) is 11.2. The summed E-state index contributed by atoms with van der Waals surface area (Å²) in [6.07, 6.45) is 4.99. The maximum Gasteiger partial charge on any atom is 0.182 e. The van der Waals surface area contributed by atoms with E-state index in [2.05, 4.69) is 22.4 Å². The van der Waals surface area contributed by atoms with Crippen LogP contribution in [0.5, 0.6) is 0 Å². The Bertz CT molecular complexity index is 545. The summed E-state index contributed by atoms with van der Waals surface area (Å²) >= 11 is 0. The van der Waals surface area contributed by atoms with E-state index in [0.29, 0.717) is 12.0 Å². The van der Waals surface area contributed by atoms with Gasteiger partial charge in [-0.1, -0.05) is 19.8 Å². The first-order chi connectivity index (χ1) is 9.25. The predicted molar refractivity (Wildman–Crippen MR) is 74.3 cm³/mol. The number of benzene rings is 1. The van der Waals surface area contributed by atoms with Crippen molar-refractivity contribution in [2.75, 3.05) is 5.73 Å². The summed E-state index contributed by atoms with van der Waals surface area (Å²) < 4.78 is 2.00. The van der Waals surface area contributed by atoms with Crippen LogP contribution in [0.1, 0.15) is 38.6 Å². The van der Waals surface area contributed by atoms with E-state index >= 15 is 0 Å². The number of nitrogens with two attached hydrogens (primary N) is 1. The van der Waals surface area contributed by atoms with Gasteiger partial charge in [0.15, 0.2) is 5.82 Å². The largest absolute Gasteiger partial charge is 0.399 e. The second kappa shape index (κ2) is 4.99. The van der Waals surface area contributed by atoms with Crippen LogP contribution in [0.2, 0.25) is 0 Å². The summed E-state index contributed by atoms with van der Waals surface area (Å²) in [5, 5.41) is 12.3. The topological polar surface area (TPSA) is 69.6 Å². The first-order valence-electron chi connectivity index (χ1n) is 6.89. The molecular formula is C14H19N5. The number of nitrogen functional groups attached to an aromatic ring is 1. The molecule has 1 saturated carbocycles. The van der Waals surface area contributed by atoms with Crippen molar-refractivity contribution in [1.82, 2.24) is 20.2 Å². The van der Waals surface area contributed by atoms with Gasteiger partial charge in [0, 0.05) is 11.3 Å². The number of anilines is 1. The SMILES string of the molecule is CC1CCCCC1n1nnnc1-c1ccc(N)cc1. The molecule has 2 atom stereocenters. The molecule has 1 aromatic carbocycles. The Morgan fingerprint density at radius 2 is 1.89 bits per heavy atom. The van der Waals surface area contributed by atoms with Crippen molar-refractivity contribution in [3.05, 3.63) is 24.3 Å². The van der Waals surface area contributed by atoms with Gasteiger partial charge in [0.2, 0.25) is 0 Å². The zero-order chi connectivity index (χ0) is 13.2. The molecule has 0 amide bonds. The van der Waals surface area contributed by atoms with Crippen LogP contribution in [0.25, 0.3) is 11.4 Å². The molecule has 1 heterocycles. The number of rotatable bonds is 2. The Morgan fingerprint density at radius 1 is 1.16 bits per heavy atom. The molecule has 0 spiro atoms. The van der Waals surface area contributed by atoms with Gasteiger partial charge in [0.05, 0.1) is 6.04 Å². The fraction of sp³-hybridized carbons (Fsp3) is 0.500. The van der Waals surface area contributed by atoms with Crippen molar-refractivity contribution in [2.24, 2.45) is 5.92 Å². The van der Waals surface area contributed by atoms with Gasteiger partial charge < -0.3 is 5.73 Å². The van der Waals surface area contributed by atoms with E-state index in [4.69, 9.17) is 5.73 Å². The lowest BCUT2D eigenvalue weighted by molar-refractivity contribution is 0.239. The van der Waals surface area contributed by atoms with Crippen LogP contribution in [0.15, 0.2) is 24.3 Å². The second-order valence-electron chi connectivity index (χ2n) is 5.40. The van der Waals surface area contributed by atoms with Crippen LogP contribution >= 0.6 is 0 Å². The zero-order valence-electron chi connectivity index (χ0n) is 11.2. The summed E-state index contributed by atoms with van der Waals surface area (Å²) in [6.45, 7) is 2.29. The lowest BCUT2D eigenvalue weighted by atomic mass is 9.86. The summed E-state index contributed by atoms with van der Waals surface area (Å²) in [6, 6.07) is 8.14. The van der Waals surface area contributed by atoms with E-state index < -0.39 is 0 Å². The van der Waals surface area contributed by atoms with E-state index in [1.54, 1.807) is 0 Å². The average Bonchev–Trinajstić information content (AvgIpc) is 2.89. The van der Waals surface area contributed by atoms with Crippen molar-refractivity contribution >= 4 is 5.69 Å². The lowest BCUT2D eigenvalue weighted by Crippen LogP contribution is -2.23. The Morgan fingerprint density at radius 3 is 2.63 bits per heavy atom. The average molecular weight is 257 g/mol. The van der Waals surface area contributed by atoms with Gasteiger partial charge in [-0.15, -0.1) is 5.10 Å². The third kappa shape index (κ3) is 2.32. The van der Waals surface area contributed by atoms with Gasteiger partial charge in [-0.3, -0.25) is 0 Å². The Labute approximate surface area is 112 Å². The van der Waals surface area contributed by atoms with Crippen molar-refractivity contribution in [2.45, 2.75) is 38.6 Å². The highest BCUT2D eigenvalue weighted by Crippen LogP contribution is 2.35. The summed E-state index contributed by atoms with van der Waals surface area (Å²) in [5.41, 5.74) is 7.51. The van der Waals surface area contributed by atoms with E-state index in [1.165, 1.54) is 19.3 Å². The molecule has 5 nitrogen and oxygen atoms in total. The molecule has 0 aliphatic heterocycles. The van der Waals surface area contributed by atoms with Crippen LogP contribution in [-0.4, -0.2) is 20.2 Å².